The summed E-state index contributed by atoms with van der Waals surface area (Å²) in [6, 6.07) is 20.4. The van der Waals surface area contributed by atoms with Crippen LogP contribution in [-0.4, -0.2) is 61.2 Å². The lowest BCUT2D eigenvalue weighted by molar-refractivity contribution is -0.117. The van der Waals surface area contributed by atoms with Crippen molar-refractivity contribution in [3.8, 4) is 5.75 Å². The topological polar surface area (TPSA) is 93.1 Å². The summed E-state index contributed by atoms with van der Waals surface area (Å²) < 4.78 is 22.9. The number of methoxy groups -OCH3 is 2. The van der Waals surface area contributed by atoms with Crippen molar-refractivity contribution in [2.24, 2.45) is 0 Å². The van der Waals surface area contributed by atoms with Crippen molar-refractivity contribution in [2.75, 3.05) is 33.9 Å². The molecular formula is C38H39ClFNO6. The number of benzene rings is 3. The van der Waals surface area contributed by atoms with Crippen LogP contribution in [0, 0.1) is 5.82 Å². The fourth-order valence-corrected chi connectivity index (χ4v) is 5.78. The molecule has 1 fully saturated rings. The van der Waals surface area contributed by atoms with Gasteiger partial charge in [-0.25, -0.2) is 4.39 Å². The van der Waals surface area contributed by atoms with Crippen LogP contribution < -0.4 is 4.74 Å². The highest BCUT2D eigenvalue weighted by Gasteiger charge is 2.33. The molecular weight excluding hydrogens is 621 g/mol. The molecule has 3 aromatic rings. The Hall–Kier alpha value is -4.37. The molecule has 1 unspecified atom stereocenters. The fourth-order valence-electron chi connectivity index (χ4n) is 5.65. The summed E-state index contributed by atoms with van der Waals surface area (Å²) in [6.45, 7) is 6.18. The van der Waals surface area contributed by atoms with Gasteiger partial charge in [-0.3, -0.25) is 14.4 Å². The third-order valence-electron chi connectivity index (χ3n) is 8.45. The molecule has 246 valence electrons. The standard InChI is InChI=1S/C21H23ClFNO2.C17H16O4/c22-18-7-5-17(6-8-18)21(26)11-14-24(15-12-21)13-1-2-20(25)16-3-9-19(23)10-4-16;1-4-13(11-5-7-12(20-2)8-6-11)14-9-16(19)17(21-3)10-15(14)18/h3-10,26H,1-2,11-15H2;4-10,13H,1H2,2-3H3. The van der Waals surface area contributed by atoms with E-state index in [9.17, 15) is 23.9 Å². The van der Waals surface area contributed by atoms with Crippen molar-refractivity contribution in [3.05, 3.63) is 136 Å². The molecule has 5 rings (SSSR count). The Morgan fingerprint density at radius 1 is 0.957 bits per heavy atom. The van der Waals surface area contributed by atoms with Crippen LogP contribution in [0.3, 0.4) is 0 Å². The van der Waals surface area contributed by atoms with Crippen LogP contribution in [0.25, 0.3) is 0 Å². The summed E-state index contributed by atoms with van der Waals surface area (Å²) in [4.78, 5) is 38.4. The van der Waals surface area contributed by atoms with Crippen LogP contribution in [-0.2, 0) is 19.9 Å². The SMILES string of the molecule is C=CC(C1=CC(=O)C(OC)=CC1=O)c1ccc(OC)cc1.O=C(CCCN1CCC(O)(c2ccc(Cl)cc2)CC1)c1ccc(F)cc1. The van der Waals surface area contributed by atoms with E-state index < -0.39 is 5.60 Å². The van der Waals surface area contributed by atoms with E-state index in [4.69, 9.17) is 21.1 Å². The number of likely N-dealkylation sites (tertiary alicyclic amines) is 1. The van der Waals surface area contributed by atoms with Crippen molar-refractivity contribution in [2.45, 2.75) is 37.2 Å². The number of allylic oxidation sites excluding steroid dienone is 4. The Morgan fingerprint density at radius 2 is 1.60 bits per heavy atom. The molecule has 1 atom stereocenters. The molecule has 0 spiro atoms. The summed E-state index contributed by atoms with van der Waals surface area (Å²) in [6.07, 6.45) is 6.72. The average molecular weight is 660 g/mol. The van der Waals surface area contributed by atoms with E-state index in [0.29, 0.717) is 35.4 Å². The summed E-state index contributed by atoms with van der Waals surface area (Å²) in [5.74, 6) is -0.409. The minimum absolute atomic E-state index is 0.0414. The van der Waals surface area contributed by atoms with E-state index >= 15 is 0 Å². The number of ketones is 3. The van der Waals surface area contributed by atoms with Crippen LogP contribution in [0.1, 0.15) is 53.1 Å². The van der Waals surface area contributed by atoms with Crippen molar-refractivity contribution in [1.82, 2.24) is 4.90 Å². The lowest BCUT2D eigenvalue weighted by Crippen LogP contribution is -2.42. The second-order valence-corrected chi connectivity index (χ2v) is 11.9. The highest BCUT2D eigenvalue weighted by molar-refractivity contribution is 6.30. The second kappa shape index (κ2) is 16.5. The van der Waals surface area contributed by atoms with Gasteiger partial charge in [0, 0.05) is 47.7 Å². The van der Waals surface area contributed by atoms with E-state index in [1.165, 1.54) is 43.5 Å². The Bertz CT molecular complexity index is 1620. The lowest BCUT2D eigenvalue weighted by atomic mass is 9.84. The molecule has 9 heteroatoms. The molecule has 1 N–H and O–H groups in total. The third-order valence-corrected chi connectivity index (χ3v) is 8.70. The molecule has 2 aliphatic rings. The minimum atomic E-state index is -0.801. The average Bonchev–Trinajstić information content (AvgIpc) is 3.08. The van der Waals surface area contributed by atoms with Crippen molar-refractivity contribution < 1.29 is 33.4 Å². The molecule has 1 saturated heterocycles. The maximum Gasteiger partial charge on any atom is 0.220 e. The van der Waals surface area contributed by atoms with Crippen LogP contribution in [0.15, 0.2) is 109 Å². The molecule has 1 aliphatic heterocycles. The van der Waals surface area contributed by atoms with Crippen molar-refractivity contribution in [3.63, 3.8) is 0 Å². The van der Waals surface area contributed by atoms with E-state index in [2.05, 4.69) is 11.5 Å². The summed E-state index contributed by atoms with van der Waals surface area (Å²) in [5, 5.41) is 11.5. The quantitative estimate of drug-likeness (QED) is 0.135. The molecule has 0 bridgehead atoms. The number of carbonyl (C=O) groups excluding carboxylic acids is 3. The predicted octanol–water partition coefficient (Wildman–Crippen LogP) is 7.00. The molecule has 0 radical (unpaired) electrons. The zero-order valence-corrected chi connectivity index (χ0v) is 27.3. The molecule has 0 saturated carbocycles. The number of rotatable bonds is 11. The van der Waals surface area contributed by atoms with E-state index in [0.717, 1.165) is 42.9 Å². The number of piperidine rings is 1. The highest BCUT2D eigenvalue weighted by atomic mass is 35.5. The molecule has 1 heterocycles. The van der Waals surface area contributed by atoms with Gasteiger partial charge in [0.05, 0.1) is 19.8 Å². The predicted molar refractivity (Wildman–Crippen MR) is 180 cm³/mol. The number of hydrogen-bond acceptors (Lipinski definition) is 7. The van der Waals surface area contributed by atoms with Crippen LogP contribution in [0.2, 0.25) is 5.02 Å². The maximum absolute atomic E-state index is 12.9. The first-order chi connectivity index (χ1) is 22.6. The van der Waals surface area contributed by atoms with Gasteiger partial charge in [-0.1, -0.05) is 41.9 Å². The van der Waals surface area contributed by atoms with Gasteiger partial charge in [0.1, 0.15) is 11.6 Å². The number of halogens is 2. The first-order valence-electron chi connectivity index (χ1n) is 15.4. The summed E-state index contributed by atoms with van der Waals surface area (Å²) in [5.41, 5.74) is 1.93. The second-order valence-electron chi connectivity index (χ2n) is 11.4. The van der Waals surface area contributed by atoms with Gasteiger partial charge in [-0.15, -0.1) is 6.58 Å². The molecule has 0 amide bonds. The van der Waals surface area contributed by atoms with E-state index in [-0.39, 0.29) is 34.8 Å². The van der Waals surface area contributed by atoms with Crippen molar-refractivity contribution >= 4 is 29.0 Å². The largest absolute Gasteiger partial charge is 0.497 e. The Balaban J connectivity index is 0.000000218. The minimum Gasteiger partial charge on any atom is -0.497 e. The van der Waals surface area contributed by atoms with Crippen molar-refractivity contribution in [1.29, 1.82) is 0 Å². The zero-order valence-electron chi connectivity index (χ0n) is 26.6. The number of aliphatic hydroxyl groups is 1. The van der Waals surface area contributed by atoms with Crippen LogP contribution >= 0.6 is 11.6 Å². The molecule has 47 heavy (non-hydrogen) atoms. The van der Waals surface area contributed by atoms with Crippen LogP contribution in [0.4, 0.5) is 4.39 Å². The fraction of sp³-hybridized carbons (Fsp3) is 0.289. The van der Waals surface area contributed by atoms with Gasteiger partial charge in [-0.05, 0) is 91.5 Å². The third kappa shape index (κ3) is 9.35. The normalized spacial score (nSPS) is 16.6. The first kappa shape index (κ1) is 35.5. The first-order valence-corrected chi connectivity index (χ1v) is 15.8. The van der Waals surface area contributed by atoms with Gasteiger partial charge in [0.2, 0.25) is 5.78 Å². The van der Waals surface area contributed by atoms with Gasteiger partial charge < -0.3 is 19.5 Å². The van der Waals surface area contributed by atoms with E-state index in [1.807, 2.05) is 36.4 Å². The van der Waals surface area contributed by atoms with Gasteiger partial charge in [0.25, 0.3) is 0 Å². The summed E-state index contributed by atoms with van der Waals surface area (Å²) in [7, 11) is 2.95. The molecule has 1 aliphatic carbocycles. The Kier molecular flexibility index (Phi) is 12.4. The maximum atomic E-state index is 12.9. The Labute approximate surface area is 280 Å². The monoisotopic (exact) mass is 659 g/mol. The number of ether oxygens (including phenoxy) is 2. The van der Waals surface area contributed by atoms with Gasteiger partial charge in [-0.2, -0.15) is 0 Å². The zero-order chi connectivity index (χ0) is 34.0. The number of Topliss-reactive ketones (excluding diaryl/α,β-unsaturated/α-hetero) is 1. The summed E-state index contributed by atoms with van der Waals surface area (Å²) >= 11 is 5.92. The van der Waals surface area contributed by atoms with Gasteiger partial charge in [0.15, 0.2) is 17.3 Å². The molecule has 3 aromatic carbocycles. The van der Waals surface area contributed by atoms with Gasteiger partial charge >= 0.3 is 0 Å². The highest BCUT2D eigenvalue weighted by Crippen LogP contribution is 2.34. The number of hydrogen-bond donors (Lipinski definition) is 1. The smallest absolute Gasteiger partial charge is 0.220 e. The lowest BCUT2D eigenvalue weighted by Gasteiger charge is -2.38. The number of nitrogens with zero attached hydrogens (tertiary/aromatic N) is 1. The molecule has 7 nitrogen and oxygen atoms in total. The number of carbonyl (C=O) groups is 3. The Morgan fingerprint density at radius 3 is 2.17 bits per heavy atom. The van der Waals surface area contributed by atoms with E-state index in [1.54, 1.807) is 25.3 Å². The molecule has 0 aromatic heterocycles. The van der Waals surface area contributed by atoms with Crippen LogP contribution in [0.5, 0.6) is 5.75 Å².